The largest absolute Gasteiger partial charge is 0.338 e. The Kier molecular flexibility index (Phi) is 6.86. The maximum Gasteiger partial charge on any atom is 0.256 e. The molecule has 1 fully saturated rings. The molecule has 0 spiro atoms. The summed E-state index contributed by atoms with van der Waals surface area (Å²) in [5, 5.41) is 3.89. The van der Waals surface area contributed by atoms with Crippen LogP contribution in [0.5, 0.6) is 0 Å². The zero-order valence-electron chi connectivity index (χ0n) is 13.7. The molecule has 0 aliphatic carbocycles. The molecule has 2 aromatic rings. The first-order valence-corrected chi connectivity index (χ1v) is 7.95. The molecule has 1 aliphatic rings. The highest BCUT2D eigenvalue weighted by molar-refractivity contribution is 5.94. The molecule has 1 saturated heterocycles. The summed E-state index contributed by atoms with van der Waals surface area (Å²) in [6.45, 7) is 3.39. The van der Waals surface area contributed by atoms with Crippen molar-refractivity contribution in [2.75, 3.05) is 26.2 Å². The van der Waals surface area contributed by atoms with E-state index in [4.69, 9.17) is 10.3 Å². The molecule has 1 amide bonds. The van der Waals surface area contributed by atoms with E-state index in [2.05, 4.69) is 15.0 Å². The van der Waals surface area contributed by atoms with Gasteiger partial charge in [0.25, 0.3) is 5.91 Å². The standard InChI is InChI=1S/C16H20FN5O2.ClH/c17-13-5-2-1-4-12(13)16(23)22-7-3-6-21(8-9-22)11-14-19-15(10-18)24-20-14;/h1-2,4-5H,3,6-11,18H2;1H. The monoisotopic (exact) mass is 369 g/mol. The van der Waals surface area contributed by atoms with Crippen LogP contribution in [-0.2, 0) is 13.1 Å². The van der Waals surface area contributed by atoms with Crippen LogP contribution in [0.2, 0.25) is 0 Å². The quantitative estimate of drug-likeness (QED) is 0.877. The lowest BCUT2D eigenvalue weighted by Gasteiger charge is -2.21. The lowest BCUT2D eigenvalue weighted by Crippen LogP contribution is -2.35. The Hall–Kier alpha value is -2.03. The summed E-state index contributed by atoms with van der Waals surface area (Å²) in [6.07, 6.45) is 0.807. The summed E-state index contributed by atoms with van der Waals surface area (Å²) in [4.78, 5) is 20.5. The maximum absolute atomic E-state index is 13.8. The number of carbonyl (C=O) groups excluding carboxylic acids is 1. The van der Waals surface area contributed by atoms with Crippen molar-refractivity contribution in [1.29, 1.82) is 0 Å². The molecular weight excluding hydrogens is 349 g/mol. The first-order chi connectivity index (χ1) is 11.7. The molecule has 1 aliphatic heterocycles. The van der Waals surface area contributed by atoms with Crippen LogP contribution in [0, 0.1) is 5.82 Å². The van der Waals surface area contributed by atoms with Crippen LogP contribution in [0.4, 0.5) is 4.39 Å². The molecule has 2 heterocycles. The third kappa shape index (κ3) is 4.75. The maximum atomic E-state index is 13.8. The fraction of sp³-hybridized carbons (Fsp3) is 0.438. The smallest absolute Gasteiger partial charge is 0.256 e. The van der Waals surface area contributed by atoms with Crippen molar-refractivity contribution in [3.8, 4) is 0 Å². The second kappa shape index (κ2) is 8.89. The van der Waals surface area contributed by atoms with Crippen molar-refractivity contribution >= 4 is 18.3 Å². The average molecular weight is 370 g/mol. The minimum Gasteiger partial charge on any atom is -0.338 e. The Morgan fingerprint density at radius 1 is 1.24 bits per heavy atom. The molecular formula is C16H21ClFN5O2. The van der Waals surface area contributed by atoms with Crippen LogP contribution in [-0.4, -0.2) is 52.0 Å². The van der Waals surface area contributed by atoms with Crippen LogP contribution in [0.15, 0.2) is 28.8 Å². The lowest BCUT2D eigenvalue weighted by molar-refractivity contribution is 0.0756. The van der Waals surface area contributed by atoms with Gasteiger partial charge in [0.15, 0.2) is 5.82 Å². The summed E-state index contributed by atoms with van der Waals surface area (Å²) >= 11 is 0. The molecule has 2 N–H and O–H groups in total. The van der Waals surface area contributed by atoms with Gasteiger partial charge in [-0.05, 0) is 18.6 Å². The van der Waals surface area contributed by atoms with E-state index in [1.54, 1.807) is 17.0 Å². The summed E-state index contributed by atoms with van der Waals surface area (Å²) in [5.74, 6) is 0.255. The number of aromatic nitrogens is 2. The Morgan fingerprint density at radius 2 is 2.04 bits per heavy atom. The van der Waals surface area contributed by atoms with Crippen molar-refractivity contribution in [1.82, 2.24) is 19.9 Å². The second-order valence-corrected chi connectivity index (χ2v) is 5.71. The van der Waals surface area contributed by atoms with Gasteiger partial charge in [0.2, 0.25) is 5.89 Å². The van der Waals surface area contributed by atoms with Crippen molar-refractivity contribution < 1.29 is 13.7 Å². The van der Waals surface area contributed by atoms with Gasteiger partial charge in [-0.15, -0.1) is 12.4 Å². The number of carbonyl (C=O) groups is 1. The first-order valence-electron chi connectivity index (χ1n) is 7.95. The summed E-state index contributed by atoms with van der Waals surface area (Å²) < 4.78 is 18.8. The molecule has 0 atom stereocenters. The Bertz CT molecular complexity index is 711. The van der Waals surface area contributed by atoms with E-state index < -0.39 is 5.82 Å². The summed E-state index contributed by atoms with van der Waals surface area (Å²) in [7, 11) is 0. The molecule has 1 aromatic carbocycles. The third-order valence-corrected chi connectivity index (χ3v) is 4.03. The zero-order chi connectivity index (χ0) is 16.9. The number of rotatable bonds is 4. The number of hydrogen-bond acceptors (Lipinski definition) is 6. The summed E-state index contributed by atoms with van der Waals surface area (Å²) in [6, 6.07) is 6.08. The van der Waals surface area contributed by atoms with Crippen LogP contribution < -0.4 is 5.73 Å². The molecule has 0 saturated carbocycles. The van der Waals surface area contributed by atoms with E-state index in [0.29, 0.717) is 37.9 Å². The number of benzene rings is 1. The molecule has 0 unspecified atom stereocenters. The topological polar surface area (TPSA) is 88.5 Å². The molecule has 9 heteroatoms. The van der Waals surface area contributed by atoms with Crippen molar-refractivity contribution in [2.45, 2.75) is 19.5 Å². The number of hydrogen-bond donors (Lipinski definition) is 1. The predicted octanol–water partition coefficient (Wildman–Crippen LogP) is 1.44. The van der Waals surface area contributed by atoms with Gasteiger partial charge in [-0.1, -0.05) is 17.3 Å². The third-order valence-electron chi connectivity index (χ3n) is 4.03. The van der Waals surface area contributed by atoms with Crippen LogP contribution in [0.25, 0.3) is 0 Å². The molecule has 0 bridgehead atoms. The lowest BCUT2D eigenvalue weighted by atomic mass is 10.2. The van der Waals surface area contributed by atoms with Gasteiger partial charge in [-0.3, -0.25) is 9.69 Å². The average Bonchev–Trinajstić information content (AvgIpc) is 2.92. The van der Waals surface area contributed by atoms with E-state index in [1.165, 1.54) is 12.1 Å². The van der Waals surface area contributed by atoms with Crippen molar-refractivity contribution in [3.63, 3.8) is 0 Å². The highest BCUT2D eigenvalue weighted by Gasteiger charge is 2.23. The van der Waals surface area contributed by atoms with Crippen LogP contribution in [0.1, 0.15) is 28.5 Å². The highest BCUT2D eigenvalue weighted by Crippen LogP contribution is 2.13. The van der Waals surface area contributed by atoms with Gasteiger partial charge in [0, 0.05) is 26.2 Å². The summed E-state index contributed by atoms with van der Waals surface area (Å²) in [5.41, 5.74) is 5.58. The minimum atomic E-state index is -0.482. The van der Waals surface area contributed by atoms with Gasteiger partial charge in [-0.25, -0.2) is 4.39 Å². The normalized spacial score (nSPS) is 15.5. The molecule has 25 heavy (non-hydrogen) atoms. The SMILES string of the molecule is Cl.NCc1nc(CN2CCCN(C(=O)c3ccccc3F)CC2)no1. The van der Waals surface area contributed by atoms with Crippen LogP contribution in [0.3, 0.4) is 0 Å². The van der Waals surface area contributed by atoms with Crippen LogP contribution >= 0.6 is 12.4 Å². The molecule has 0 radical (unpaired) electrons. The van der Waals surface area contributed by atoms with Crippen molar-refractivity contribution in [2.24, 2.45) is 5.73 Å². The van der Waals surface area contributed by atoms with Crippen molar-refractivity contribution in [3.05, 3.63) is 47.4 Å². The Morgan fingerprint density at radius 3 is 2.76 bits per heavy atom. The fourth-order valence-corrected chi connectivity index (χ4v) is 2.77. The van der Waals surface area contributed by atoms with E-state index in [-0.39, 0.29) is 30.4 Å². The minimum absolute atomic E-state index is 0. The number of halogens is 2. The highest BCUT2D eigenvalue weighted by atomic mass is 35.5. The number of nitrogens with two attached hydrogens (primary N) is 1. The molecule has 136 valence electrons. The van der Waals surface area contributed by atoms with Gasteiger partial charge in [-0.2, -0.15) is 4.98 Å². The molecule has 1 aromatic heterocycles. The Labute approximate surface area is 151 Å². The number of amides is 1. The fourth-order valence-electron chi connectivity index (χ4n) is 2.77. The first kappa shape index (κ1) is 19.3. The van der Waals surface area contributed by atoms with E-state index in [1.807, 2.05) is 0 Å². The zero-order valence-corrected chi connectivity index (χ0v) is 14.5. The van der Waals surface area contributed by atoms with Gasteiger partial charge < -0.3 is 15.2 Å². The Balaban J connectivity index is 0.00000225. The van der Waals surface area contributed by atoms with E-state index in [0.717, 1.165) is 13.0 Å². The second-order valence-electron chi connectivity index (χ2n) is 5.71. The predicted molar refractivity (Wildman–Crippen MR) is 91.6 cm³/mol. The van der Waals surface area contributed by atoms with Gasteiger partial charge in [0.1, 0.15) is 5.82 Å². The van der Waals surface area contributed by atoms with Gasteiger partial charge >= 0.3 is 0 Å². The van der Waals surface area contributed by atoms with Gasteiger partial charge in [0.05, 0.1) is 18.7 Å². The van der Waals surface area contributed by atoms with E-state index >= 15 is 0 Å². The van der Waals surface area contributed by atoms with E-state index in [9.17, 15) is 9.18 Å². The molecule has 3 rings (SSSR count). The molecule has 7 nitrogen and oxygen atoms in total. The number of nitrogens with zero attached hydrogens (tertiary/aromatic N) is 4.